The minimum Gasteiger partial charge on any atom is -0.367 e. The molecule has 90 valence electrons. The Bertz CT molecular complexity index is 514. The maximum Gasteiger partial charge on any atom is 0.163 e. The summed E-state index contributed by atoms with van der Waals surface area (Å²) in [6, 6.07) is 0.495. The molecular formula is C11H16N6. The second kappa shape index (κ2) is 4.29. The van der Waals surface area contributed by atoms with Crippen molar-refractivity contribution >= 4 is 16.9 Å². The number of anilines is 1. The molecule has 1 saturated heterocycles. The summed E-state index contributed by atoms with van der Waals surface area (Å²) in [5.41, 5.74) is 0.872. The van der Waals surface area contributed by atoms with Gasteiger partial charge in [0.05, 0.1) is 11.6 Å². The highest BCUT2D eigenvalue weighted by atomic mass is 15.3. The molecule has 2 N–H and O–H groups in total. The number of aromatic nitrogens is 4. The van der Waals surface area contributed by atoms with E-state index in [0.29, 0.717) is 6.04 Å². The number of aryl methyl sites for hydroxylation is 1. The van der Waals surface area contributed by atoms with Crippen LogP contribution in [0.3, 0.4) is 0 Å². The first kappa shape index (κ1) is 10.5. The number of piperidine rings is 1. The molecule has 0 saturated carbocycles. The van der Waals surface area contributed by atoms with Crippen molar-refractivity contribution < 1.29 is 0 Å². The van der Waals surface area contributed by atoms with Crippen molar-refractivity contribution in [3.8, 4) is 0 Å². The van der Waals surface area contributed by atoms with E-state index in [0.717, 1.165) is 42.8 Å². The molecule has 0 aliphatic carbocycles. The summed E-state index contributed by atoms with van der Waals surface area (Å²) in [6.07, 6.45) is 5.67. The van der Waals surface area contributed by atoms with Crippen LogP contribution in [-0.2, 0) is 7.05 Å². The van der Waals surface area contributed by atoms with E-state index >= 15 is 0 Å². The average molecular weight is 232 g/mol. The molecule has 2 aromatic rings. The summed E-state index contributed by atoms with van der Waals surface area (Å²) in [6.45, 7) is 2.14. The van der Waals surface area contributed by atoms with E-state index in [-0.39, 0.29) is 0 Å². The SMILES string of the molecule is Cn1ncc2c(NC3CCNCC3)ncnc21. The van der Waals surface area contributed by atoms with Gasteiger partial charge >= 0.3 is 0 Å². The number of nitrogens with zero attached hydrogens (tertiary/aromatic N) is 4. The lowest BCUT2D eigenvalue weighted by Crippen LogP contribution is -2.35. The fraction of sp³-hybridized carbons (Fsp3) is 0.545. The maximum absolute atomic E-state index is 4.32. The van der Waals surface area contributed by atoms with Crippen molar-refractivity contribution in [2.24, 2.45) is 7.05 Å². The smallest absolute Gasteiger partial charge is 0.163 e. The monoisotopic (exact) mass is 232 g/mol. The number of hydrogen-bond acceptors (Lipinski definition) is 5. The molecule has 0 unspecified atom stereocenters. The van der Waals surface area contributed by atoms with Crippen LogP contribution < -0.4 is 10.6 Å². The average Bonchev–Trinajstić information content (AvgIpc) is 2.74. The van der Waals surface area contributed by atoms with Crippen molar-refractivity contribution in [3.05, 3.63) is 12.5 Å². The van der Waals surface area contributed by atoms with Crippen LogP contribution in [-0.4, -0.2) is 38.9 Å². The third-order valence-electron chi connectivity index (χ3n) is 3.21. The number of nitrogens with one attached hydrogen (secondary N) is 2. The second-order valence-electron chi connectivity index (χ2n) is 4.40. The second-order valence-corrected chi connectivity index (χ2v) is 4.40. The topological polar surface area (TPSA) is 67.7 Å². The first-order chi connectivity index (χ1) is 8.34. The molecule has 1 aliphatic heterocycles. The molecule has 0 atom stereocenters. The van der Waals surface area contributed by atoms with Gasteiger partial charge in [0.2, 0.25) is 0 Å². The highest BCUT2D eigenvalue weighted by Crippen LogP contribution is 2.20. The summed E-state index contributed by atoms with van der Waals surface area (Å²) < 4.78 is 1.77. The Balaban J connectivity index is 1.89. The Morgan fingerprint density at radius 2 is 2.18 bits per heavy atom. The predicted octanol–water partition coefficient (Wildman–Crippen LogP) is 0.527. The molecule has 3 heterocycles. The Hall–Kier alpha value is -1.69. The molecule has 3 rings (SSSR count). The fourth-order valence-corrected chi connectivity index (χ4v) is 2.24. The van der Waals surface area contributed by atoms with Crippen LogP contribution in [0.4, 0.5) is 5.82 Å². The third kappa shape index (κ3) is 1.95. The van der Waals surface area contributed by atoms with Gasteiger partial charge in [0.1, 0.15) is 12.1 Å². The van der Waals surface area contributed by atoms with Crippen LogP contribution in [0.5, 0.6) is 0 Å². The molecule has 0 spiro atoms. The predicted molar refractivity (Wildman–Crippen MR) is 65.8 cm³/mol. The van der Waals surface area contributed by atoms with E-state index in [2.05, 4.69) is 25.7 Å². The molecule has 17 heavy (non-hydrogen) atoms. The van der Waals surface area contributed by atoms with Gasteiger partial charge in [-0.05, 0) is 25.9 Å². The summed E-state index contributed by atoms with van der Waals surface area (Å²) in [5, 5.41) is 12.1. The lowest BCUT2D eigenvalue weighted by atomic mass is 10.1. The minimum atomic E-state index is 0.495. The molecule has 0 aromatic carbocycles. The van der Waals surface area contributed by atoms with Crippen LogP contribution in [0.15, 0.2) is 12.5 Å². The van der Waals surface area contributed by atoms with Crippen LogP contribution in [0, 0.1) is 0 Å². The number of fused-ring (bicyclic) bond motifs is 1. The van der Waals surface area contributed by atoms with Gasteiger partial charge in [-0.3, -0.25) is 4.68 Å². The fourth-order valence-electron chi connectivity index (χ4n) is 2.24. The Morgan fingerprint density at radius 1 is 1.35 bits per heavy atom. The third-order valence-corrected chi connectivity index (χ3v) is 3.21. The van der Waals surface area contributed by atoms with Crippen molar-refractivity contribution in [3.63, 3.8) is 0 Å². The zero-order valence-corrected chi connectivity index (χ0v) is 9.85. The molecule has 6 heteroatoms. The van der Waals surface area contributed by atoms with E-state index < -0.39 is 0 Å². The minimum absolute atomic E-state index is 0.495. The van der Waals surface area contributed by atoms with Crippen molar-refractivity contribution in [1.82, 2.24) is 25.1 Å². The molecule has 1 fully saturated rings. The van der Waals surface area contributed by atoms with E-state index in [1.807, 2.05) is 13.2 Å². The largest absolute Gasteiger partial charge is 0.367 e. The van der Waals surface area contributed by atoms with E-state index in [9.17, 15) is 0 Å². The van der Waals surface area contributed by atoms with Gasteiger partial charge in [-0.2, -0.15) is 5.10 Å². The molecule has 1 aliphatic rings. The van der Waals surface area contributed by atoms with Crippen LogP contribution in [0.2, 0.25) is 0 Å². The van der Waals surface area contributed by atoms with Crippen LogP contribution in [0.1, 0.15) is 12.8 Å². The van der Waals surface area contributed by atoms with E-state index in [1.165, 1.54) is 0 Å². The first-order valence-corrected chi connectivity index (χ1v) is 5.94. The summed E-state index contributed by atoms with van der Waals surface area (Å²) in [4.78, 5) is 8.55. The lowest BCUT2D eigenvalue weighted by Gasteiger charge is -2.24. The quantitative estimate of drug-likeness (QED) is 0.790. The standard InChI is InChI=1S/C11H16N6/c1-17-11-9(6-15-17)10(13-7-14-11)16-8-2-4-12-5-3-8/h6-8,12H,2-5H2,1H3,(H,13,14,16). The van der Waals surface area contributed by atoms with Gasteiger partial charge in [0, 0.05) is 13.1 Å². The molecular weight excluding hydrogens is 216 g/mol. The maximum atomic E-state index is 4.32. The van der Waals surface area contributed by atoms with Gasteiger partial charge in [0.15, 0.2) is 5.65 Å². The van der Waals surface area contributed by atoms with Crippen LogP contribution >= 0.6 is 0 Å². The van der Waals surface area contributed by atoms with Crippen LogP contribution in [0.25, 0.3) is 11.0 Å². The molecule has 0 radical (unpaired) electrons. The van der Waals surface area contributed by atoms with Gasteiger partial charge in [-0.1, -0.05) is 0 Å². The lowest BCUT2D eigenvalue weighted by molar-refractivity contribution is 0.478. The van der Waals surface area contributed by atoms with Crippen molar-refractivity contribution in [1.29, 1.82) is 0 Å². The Morgan fingerprint density at radius 3 is 3.00 bits per heavy atom. The van der Waals surface area contributed by atoms with Gasteiger partial charge in [-0.15, -0.1) is 0 Å². The summed E-state index contributed by atoms with van der Waals surface area (Å²) in [5.74, 6) is 0.898. The molecule has 0 amide bonds. The Labute approximate surface area is 99.4 Å². The molecule has 6 nitrogen and oxygen atoms in total. The Kier molecular flexibility index (Phi) is 2.64. The van der Waals surface area contributed by atoms with E-state index in [1.54, 1.807) is 11.0 Å². The zero-order chi connectivity index (χ0) is 11.7. The molecule has 2 aromatic heterocycles. The van der Waals surface area contributed by atoms with Crippen molar-refractivity contribution in [2.45, 2.75) is 18.9 Å². The summed E-state index contributed by atoms with van der Waals surface area (Å²) in [7, 11) is 1.89. The van der Waals surface area contributed by atoms with E-state index in [4.69, 9.17) is 0 Å². The van der Waals surface area contributed by atoms with Gasteiger partial charge < -0.3 is 10.6 Å². The summed E-state index contributed by atoms with van der Waals surface area (Å²) >= 11 is 0. The zero-order valence-electron chi connectivity index (χ0n) is 9.85. The highest BCUT2D eigenvalue weighted by Gasteiger charge is 2.15. The highest BCUT2D eigenvalue weighted by molar-refractivity contribution is 5.86. The normalized spacial score (nSPS) is 17.5. The number of rotatable bonds is 2. The first-order valence-electron chi connectivity index (χ1n) is 5.94. The molecule has 0 bridgehead atoms. The van der Waals surface area contributed by atoms with Gasteiger partial charge in [-0.25, -0.2) is 9.97 Å². The van der Waals surface area contributed by atoms with Crippen molar-refractivity contribution in [2.75, 3.05) is 18.4 Å². The number of hydrogen-bond donors (Lipinski definition) is 2. The van der Waals surface area contributed by atoms with Gasteiger partial charge in [0.25, 0.3) is 0 Å².